The van der Waals surface area contributed by atoms with E-state index in [0.717, 1.165) is 15.7 Å². The van der Waals surface area contributed by atoms with Gasteiger partial charge in [0.2, 0.25) is 5.78 Å². The number of benzene rings is 1. The number of nitrogens with two attached hydrogens (primary N) is 1. The first kappa shape index (κ1) is 22.9. The molecule has 0 spiro atoms. The Kier molecular flexibility index (Phi) is 7.57. The number of H-pyrrole nitrogens is 1. The molecule has 9 heteroatoms. The summed E-state index contributed by atoms with van der Waals surface area (Å²) in [6.07, 6.45) is 0.577. The van der Waals surface area contributed by atoms with Crippen LogP contribution >= 0.6 is 0 Å². The third-order valence-corrected chi connectivity index (χ3v) is 4.55. The Morgan fingerprint density at radius 2 is 1.90 bits per heavy atom. The molecular formula is C21H27N3O6. The summed E-state index contributed by atoms with van der Waals surface area (Å²) in [7, 11) is 0. The van der Waals surface area contributed by atoms with E-state index >= 15 is 0 Å². The number of carbonyl (C=O) groups excluding carboxylic acids is 2. The van der Waals surface area contributed by atoms with E-state index in [-0.39, 0.29) is 12.4 Å². The Bertz CT molecular complexity index is 1050. The van der Waals surface area contributed by atoms with Crippen LogP contribution in [0.2, 0.25) is 0 Å². The second-order valence-corrected chi connectivity index (χ2v) is 7.22. The molecule has 0 fully saturated rings. The molecule has 9 nitrogen and oxygen atoms in total. The molecule has 1 aromatic carbocycles. The van der Waals surface area contributed by atoms with Crippen molar-refractivity contribution in [1.82, 2.24) is 9.55 Å². The lowest BCUT2D eigenvalue weighted by atomic mass is 10.0. The summed E-state index contributed by atoms with van der Waals surface area (Å²) >= 11 is 0. The average Bonchev–Trinajstić information content (AvgIpc) is 2.68. The van der Waals surface area contributed by atoms with E-state index in [4.69, 9.17) is 15.2 Å². The van der Waals surface area contributed by atoms with Crippen LogP contribution in [-0.4, -0.2) is 34.5 Å². The predicted molar refractivity (Wildman–Crippen MR) is 112 cm³/mol. The number of nitrogens with one attached hydrogen (secondary N) is 1. The average molecular weight is 417 g/mol. The molecule has 0 saturated carbocycles. The van der Waals surface area contributed by atoms with Crippen LogP contribution in [0.4, 0.5) is 5.82 Å². The van der Waals surface area contributed by atoms with Gasteiger partial charge >= 0.3 is 11.7 Å². The number of aryl methyl sites for hydroxylation is 1. The van der Waals surface area contributed by atoms with Gasteiger partial charge in [0.1, 0.15) is 17.1 Å². The molecule has 2 aromatic rings. The second kappa shape index (κ2) is 9.91. The van der Waals surface area contributed by atoms with Crippen molar-refractivity contribution in [1.29, 1.82) is 0 Å². The monoisotopic (exact) mass is 417 g/mol. The fraction of sp³-hybridized carbons (Fsp3) is 0.429. The number of anilines is 1. The van der Waals surface area contributed by atoms with Gasteiger partial charge < -0.3 is 15.2 Å². The van der Waals surface area contributed by atoms with Crippen molar-refractivity contribution in [2.45, 2.75) is 46.6 Å². The quantitative estimate of drug-likeness (QED) is 0.469. The fourth-order valence-electron chi connectivity index (χ4n) is 2.83. The maximum Gasteiger partial charge on any atom is 0.344 e. The number of carbonyl (C=O) groups is 2. The Morgan fingerprint density at radius 3 is 2.53 bits per heavy atom. The molecule has 2 rings (SSSR count). The summed E-state index contributed by atoms with van der Waals surface area (Å²) in [5.41, 5.74) is 5.74. The van der Waals surface area contributed by atoms with Gasteiger partial charge in [0.05, 0.1) is 0 Å². The normalized spacial score (nSPS) is 10.8. The highest BCUT2D eigenvalue weighted by Crippen LogP contribution is 2.24. The number of esters is 1. The van der Waals surface area contributed by atoms with Gasteiger partial charge in [-0.3, -0.25) is 19.1 Å². The second-order valence-electron chi connectivity index (χ2n) is 7.22. The third-order valence-electron chi connectivity index (χ3n) is 4.55. The first-order valence-corrected chi connectivity index (χ1v) is 9.70. The smallest absolute Gasteiger partial charge is 0.344 e. The SMILES string of the molecule is CCCn1c(N)c(C(=O)COC(=O)COc2cc(C(C)C)ccc2C)c(=O)[nH]c1=O. The Balaban J connectivity index is 2.03. The highest BCUT2D eigenvalue weighted by molar-refractivity contribution is 6.01. The summed E-state index contributed by atoms with van der Waals surface area (Å²) in [5, 5.41) is 0. The van der Waals surface area contributed by atoms with Crippen molar-refractivity contribution >= 4 is 17.6 Å². The lowest BCUT2D eigenvalue weighted by molar-refractivity contribution is -0.144. The highest BCUT2D eigenvalue weighted by Gasteiger charge is 2.20. The van der Waals surface area contributed by atoms with Gasteiger partial charge in [-0.25, -0.2) is 9.59 Å². The van der Waals surface area contributed by atoms with Crippen molar-refractivity contribution in [2.75, 3.05) is 18.9 Å². The minimum atomic E-state index is -0.914. The lowest BCUT2D eigenvalue weighted by Crippen LogP contribution is -2.37. The molecule has 0 atom stereocenters. The van der Waals surface area contributed by atoms with Crippen LogP contribution in [0.3, 0.4) is 0 Å². The molecule has 0 bridgehead atoms. The van der Waals surface area contributed by atoms with Crippen molar-refractivity contribution < 1.29 is 19.1 Å². The summed E-state index contributed by atoms with van der Waals surface area (Å²) < 4.78 is 11.5. The standard InChI is InChI=1S/C21H27N3O6/c1-5-8-24-19(22)18(20(27)23-21(24)28)15(25)10-30-17(26)11-29-16-9-14(12(2)3)7-6-13(16)4/h6-7,9,12H,5,8,10-11,22H2,1-4H3,(H,23,27,28). The third kappa shape index (κ3) is 5.37. The number of Topliss-reactive ketones (excluding diaryl/α,β-unsaturated/α-hetero) is 1. The molecule has 0 amide bonds. The van der Waals surface area contributed by atoms with Crippen LogP contribution in [-0.2, 0) is 16.1 Å². The van der Waals surface area contributed by atoms with E-state index in [1.54, 1.807) is 0 Å². The zero-order chi connectivity index (χ0) is 22.4. The molecule has 0 saturated heterocycles. The Labute approximate surface area is 173 Å². The molecule has 0 unspecified atom stereocenters. The predicted octanol–water partition coefficient (Wildman–Crippen LogP) is 1.77. The number of hydrogen-bond acceptors (Lipinski definition) is 7. The number of rotatable bonds is 9. The van der Waals surface area contributed by atoms with Gasteiger partial charge in [-0.15, -0.1) is 0 Å². The number of ketones is 1. The molecule has 162 valence electrons. The fourth-order valence-corrected chi connectivity index (χ4v) is 2.83. The van der Waals surface area contributed by atoms with Crippen molar-refractivity contribution in [2.24, 2.45) is 0 Å². The Morgan fingerprint density at radius 1 is 1.20 bits per heavy atom. The number of ether oxygens (including phenoxy) is 2. The summed E-state index contributed by atoms with van der Waals surface area (Å²) in [6.45, 7) is 6.93. The van der Waals surface area contributed by atoms with Crippen LogP contribution in [0.15, 0.2) is 27.8 Å². The Hall–Kier alpha value is -3.36. The number of nitrogen functional groups attached to an aromatic ring is 1. The van der Waals surface area contributed by atoms with Crippen LogP contribution in [0.5, 0.6) is 5.75 Å². The maximum absolute atomic E-state index is 12.4. The first-order valence-electron chi connectivity index (χ1n) is 9.70. The van der Waals surface area contributed by atoms with Gasteiger partial charge in [0.25, 0.3) is 5.56 Å². The van der Waals surface area contributed by atoms with Crippen molar-refractivity contribution in [3.63, 3.8) is 0 Å². The van der Waals surface area contributed by atoms with E-state index in [2.05, 4.69) is 4.98 Å². The lowest BCUT2D eigenvalue weighted by Gasteiger charge is -2.13. The van der Waals surface area contributed by atoms with E-state index in [1.165, 1.54) is 0 Å². The topological polar surface area (TPSA) is 133 Å². The first-order chi connectivity index (χ1) is 14.1. The molecule has 30 heavy (non-hydrogen) atoms. The molecule has 1 heterocycles. The highest BCUT2D eigenvalue weighted by atomic mass is 16.6. The molecule has 0 aliphatic carbocycles. The zero-order valence-electron chi connectivity index (χ0n) is 17.6. The molecule has 0 radical (unpaired) electrons. The van der Waals surface area contributed by atoms with Crippen LogP contribution in [0, 0.1) is 6.92 Å². The number of aromatic amines is 1. The minimum absolute atomic E-state index is 0.240. The van der Waals surface area contributed by atoms with E-state index in [0.29, 0.717) is 18.1 Å². The van der Waals surface area contributed by atoms with Crippen LogP contribution in [0.1, 0.15) is 54.6 Å². The molecule has 0 aliphatic heterocycles. The molecule has 3 N–H and O–H groups in total. The van der Waals surface area contributed by atoms with Gasteiger partial charge in [0.15, 0.2) is 13.2 Å². The van der Waals surface area contributed by atoms with Gasteiger partial charge in [-0.2, -0.15) is 0 Å². The van der Waals surface area contributed by atoms with Crippen molar-refractivity contribution in [3.8, 4) is 5.75 Å². The van der Waals surface area contributed by atoms with Gasteiger partial charge in [-0.05, 0) is 36.5 Å². The zero-order valence-corrected chi connectivity index (χ0v) is 17.6. The summed E-state index contributed by atoms with van der Waals surface area (Å²) in [5.74, 6) is -0.961. The summed E-state index contributed by atoms with van der Waals surface area (Å²) in [4.78, 5) is 50.3. The van der Waals surface area contributed by atoms with E-state index < -0.39 is 41.8 Å². The van der Waals surface area contributed by atoms with E-state index in [1.807, 2.05) is 45.9 Å². The van der Waals surface area contributed by atoms with Crippen LogP contribution < -0.4 is 21.7 Å². The minimum Gasteiger partial charge on any atom is -0.482 e. The maximum atomic E-state index is 12.4. The van der Waals surface area contributed by atoms with Crippen molar-refractivity contribution in [3.05, 3.63) is 55.7 Å². The number of nitrogens with zero attached hydrogens (tertiary/aromatic N) is 1. The number of aromatic nitrogens is 2. The van der Waals surface area contributed by atoms with Crippen LogP contribution in [0.25, 0.3) is 0 Å². The number of hydrogen-bond donors (Lipinski definition) is 2. The summed E-state index contributed by atoms with van der Waals surface area (Å²) in [6, 6.07) is 5.75. The molecule has 0 aliphatic rings. The van der Waals surface area contributed by atoms with E-state index in [9.17, 15) is 19.2 Å². The van der Waals surface area contributed by atoms with Gasteiger partial charge in [0, 0.05) is 6.54 Å². The van der Waals surface area contributed by atoms with Gasteiger partial charge in [-0.1, -0.05) is 32.9 Å². The largest absolute Gasteiger partial charge is 0.482 e. The molecule has 1 aromatic heterocycles. The molecular weight excluding hydrogens is 390 g/mol.